The van der Waals surface area contributed by atoms with Gasteiger partial charge in [-0.05, 0) is 36.4 Å². The lowest BCUT2D eigenvalue weighted by atomic mass is 10.1. The smallest absolute Gasteiger partial charge is 0.254 e. The van der Waals surface area contributed by atoms with Crippen LogP contribution in [0, 0.1) is 0 Å². The highest BCUT2D eigenvalue weighted by Crippen LogP contribution is 2.23. The third-order valence-corrected chi connectivity index (χ3v) is 4.93. The van der Waals surface area contributed by atoms with Gasteiger partial charge < -0.3 is 14.4 Å². The third-order valence-electron chi connectivity index (χ3n) is 4.70. The molecule has 1 amide bonds. The molecule has 1 aliphatic rings. The Bertz CT molecular complexity index is 963. The minimum Gasteiger partial charge on any atom is -0.493 e. The van der Waals surface area contributed by atoms with E-state index in [1.165, 1.54) is 0 Å². The average molecular weight is 413 g/mol. The maximum Gasteiger partial charge on any atom is 0.254 e. The van der Waals surface area contributed by atoms with Crippen LogP contribution in [0.3, 0.4) is 0 Å². The van der Waals surface area contributed by atoms with Gasteiger partial charge in [0.05, 0.1) is 25.5 Å². The maximum absolute atomic E-state index is 12.7. The summed E-state index contributed by atoms with van der Waals surface area (Å²) in [5.41, 5.74) is 2.36. The van der Waals surface area contributed by atoms with Gasteiger partial charge in [-0.2, -0.15) is 5.10 Å². The summed E-state index contributed by atoms with van der Waals surface area (Å²) in [4.78, 5) is 18.4. The second kappa shape index (κ2) is 9.07. The molecule has 0 radical (unpaired) electrons. The number of hydrogen-bond acceptors (Lipinski definition) is 5. The number of carbonyl (C=O) groups is 1. The van der Waals surface area contributed by atoms with Gasteiger partial charge in [0, 0.05) is 41.6 Å². The van der Waals surface area contributed by atoms with Gasteiger partial charge in [0.25, 0.3) is 5.91 Å². The van der Waals surface area contributed by atoms with Crippen LogP contribution in [0.5, 0.6) is 5.75 Å². The molecule has 0 bridgehead atoms. The zero-order chi connectivity index (χ0) is 20.1. The summed E-state index contributed by atoms with van der Waals surface area (Å²) in [6, 6.07) is 12.7. The van der Waals surface area contributed by atoms with Gasteiger partial charge in [-0.25, -0.2) is 0 Å². The first-order valence-electron chi connectivity index (χ1n) is 9.42. The summed E-state index contributed by atoms with van der Waals surface area (Å²) < 4.78 is 11.6. The van der Waals surface area contributed by atoms with Gasteiger partial charge in [0.1, 0.15) is 11.9 Å². The molecule has 0 aliphatic carbocycles. The van der Waals surface area contributed by atoms with E-state index in [-0.39, 0.29) is 12.0 Å². The molecular weight excluding hydrogens is 392 g/mol. The average Bonchev–Trinajstić information content (AvgIpc) is 3.23. The molecule has 1 saturated heterocycles. The van der Waals surface area contributed by atoms with Crippen molar-refractivity contribution in [3.05, 3.63) is 76.8 Å². The largest absolute Gasteiger partial charge is 0.493 e. The Morgan fingerprint density at radius 2 is 2.14 bits per heavy atom. The predicted molar refractivity (Wildman–Crippen MR) is 108 cm³/mol. The molecular formula is C21H21ClN4O3. The molecule has 0 spiro atoms. The Balaban J connectivity index is 1.33. The standard InChI is InChI=1S/C21H21ClN4O3/c22-16-2-1-3-18(12-16)28-10-6-17-13-19(25-24-17)20-14-26(9-11-29-20)21(27)15-4-7-23-8-5-15/h1-5,7-8,12-13,20H,6,9-11,14H2,(H,24,25)/t20-/m0/s1. The Morgan fingerprint density at radius 3 is 2.97 bits per heavy atom. The number of morpholine rings is 1. The first-order valence-corrected chi connectivity index (χ1v) is 9.80. The van der Waals surface area contributed by atoms with Crippen molar-refractivity contribution in [1.82, 2.24) is 20.1 Å². The number of rotatable bonds is 6. The van der Waals surface area contributed by atoms with Crippen molar-refractivity contribution in [3.63, 3.8) is 0 Å². The summed E-state index contributed by atoms with van der Waals surface area (Å²) in [5.74, 6) is 0.712. The van der Waals surface area contributed by atoms with Gasteiger partial charge in [-0.15, -0.1) is 0 Å². The molecule has 2 aromatic heterocycles. The van der Waals surface area contributed by atoms with Gasteiger partial charge in [0.2, 0.25) is 0 Å². The van der Waals surface area contributed by atoms with Crippen LogP contribution in [0.1, 0.15) is 27.8 Å². The van der Waals surface area contributed by atoms with E-state index >= 15 is 0 Å². The minimum absolute atomic E-state index is 0.0219. The molecule has 0 unspecified atom stereocenters. The summed E-state index contributed by atoms with van der Waals surface area (Å²) in [7, 11) is 0. The molecule has 0 saturated carbocycles. The number of pyridine rings is 1. The van der Waals surface area contributed by atoms with Crippen LogP contribution in [0.25, 0.3) is 0 Å². The molecule has 1 fully saturated rings. The number of ether oxygens (including phenoxy) is 2. The van der Waals surface area contributed by atoms with Crippen molar-refractivity contribution < 1.29 is 14.3 Å². The van der Waals surface area contributed by atoms with E-state index in [1.807, 2.05) is 24.3 Å². The maximum atomic E-state index is 12.7. The molecule has 150 valence electrons. The van der Waals surface area contributed by atoms with Crippen LogP contribution in [0.15, 0.2) is 54.9 Å². The van der Waals surface area contributed by atoms with Crippen LogP contribution in [-0.4, -0.2) is 52.3 Å². The van der Waals surface area contributed by atoms with E-state index in [2.05, 4.69) is 15.2 Å². The predicted octanol–water partition coefficient (Wildman–Crippen LogP) is 3.29. The molecule has 3 aromatic rings. The Hall–Kier alpha value is -2.90. The van der Waals surface area contributed by atoms with Gasteiger partial charge in [-0.1, -0.05) is 17.7 Å². The number of nitrogens with zero attached hydrogens (tertiary/aromatic N) is 3. The van der Waals surface area contributed by atoms with Gasteiger partial charge in [-0.3, -0.25) is 14.9 Å². The van der Waals surface area contributed by atoms with E-state index in [4.69, 9.17) is 21.1 Å². The number of benzene rings is 1. The normalized spacial score (nSPS) is 16.6. The fraction of sp³-hybridized carbons (Fsp3) is 0.286. The van der Waals surface area contributed by atoms with Gasteiger partial charge >= 0.3 is 0 Å². The third kappa shape index (κ3) is 4.93. The van der Waals surface area contributed by atoms with Crippen molar-refractivity contribution in [1.29, 1.82) is 0 Å². The van der Waals surface area contributed by atoms with E-state index < -0.39 is 0 Å². The van der Waals surface area contributed by atoms with Crippen molar-refractivity contribution >= 4 is 17.5 Å². The molecule has 4 rings (SSSR count). The first kappa shape index (κ1) is 19.4. The number of aromatic amines is 1. The van der Waals surface area contributed by atoms with Crippen molar-refractivity contribution in [2.45, 2.75) is 12.5 Å². The van der Waals surface area contributed by atoms with Crippen LogP contribution in [-0.2, 0) is 11.2 Å². The lowest BCUT2D eigenvalue weighted by Gasteiger charge is -2.32. The lowest BCUT2D eigenvalue weighted by Crippen LogP contribution is -2.42. The van der Waals surface area contributed by atoms with Crippen molar-refractivity contribution in [2.24, 2.45) is 0 Å². The number of carbonyl (C=O) groups excluding carboxylic acids is 1. The Kier molecular flexibility index (Phi) is 6.07. The molecule has 8 heteroatoms. The van der Waals surface area contributed by atoms with Crippen molar-refractivity contribution in [3.8, 4) is 5.75 Å². The fourth-order valence-electron chi connectivity index (χ4n) is 3.20. The lowest BCUT2D eigenvalue weighted by molar-refractivity contribution is -0.0247. The van der Waals surface area contributed by atoms with Crippen molar-refractivity contribution in [2.75, 3.05) is 26.3 Å². The van der Waals surface area contributed by atoms with Crippen LogP contribution in [0.2, 0.25) is 5.02 Å². The first-order chi connectivity index (χ1) is 14.2. The molecule has 3 heterocycles. The highest BCUT2D eigenvalue weighted by molar-refractivity contribution is 6.30. The molecule has 1 atom stereocenters. The summed E-state index contributed by atoms with van der Waals surface area (Å²) in [5, 5.41) is 8.05. The highest BCUT2D eigenvalue weighted by Gasteiger charge is 2.27. The molecule has 1 aromatic carbocycles. The Morgan fingerprint density at radius 1 is 1.28 bits per heavy atom. The quantitative estimate of drug-likeness (QED) is 0.672. The molecule has 29 heavy (non-hydrogen) atoms. The summed E-state index contributed by atoms with van der Waals surface area (Å²) in [6.07, 6.45) is 3.66. The number of hydrogen-bond donors (Lipinski definition) is 1. The fourth-order valence-corrected chi connectivity index (χ4v) is 3.38. The SMILES string of the molecule is O=C(c1ccncc1)N1CCO[C@H](c2cc(CCOc3cccc(Cl)c3)[nH]n2)C1. The number of aromatic nitrogens is 3. The second-order valence-electron chi connectivity index (χ2n) is 6.72. The zero-order valence-corrected chi connectivity index (χ0v) is 16.5. The van der Waals surface area contributed by atoms with E-state index in [9.17, 15) is 4.79 Å². The number of halogens is 1. The Labute approximate surface area is 173 Å². The number of amides is 1. The topological polar surface area (TPSA) is 80.3 Å². The van der Waals surface area contributed by atoms with Gasteiger partial charge in [0.15, 0.2) is 0 Å². The number of H-pyrrole nitrogens is 1. The molecule has 1 aliphatic heterocycles. The molecule has 1 N–H and O–H groups in total. The van der Waals surface area contributed by atoms with Crippen LogP contribution < -0.4 is 4.74 Å². The number of nitrogens with one attached hydrogen (secondary N) is 1. The van der Waals surface area contributed by atoms with Crippen LogP contribution >= 0.6 is 11.6 Å². The second-order valence-corrected chi connectivity index (χ2v) is 7.16. The van der Waals surface area contributed by atoms with Crippen LogP contribution in [0.4, 0.5) is 0 Å². The zero-order valence-electron chi connectivity index (χ0n) is 15.8. The van der Waals surface area contributed by atoms with E-state index in [0.29, 0.717) is 43.3 Å². The minimum atomic E-state index is -0.256. The molecule has 7 nitrogen and oxygen atoms in total. The van der Waals surface area contributed by atoms with E-state index in [0.717, 1.165) is 17.1 Å². The monoisotopic (exact) mass is 412 g/mol. The van der Waals surface area contributed by atoms with E-state index in [1.54, 1.807) is 35.5 Å². The summed E-state index contributed by atoms with van der Waals surface area (Å²) in [6.45, 7) is 1.99. The highest BCUT2D eigenvalue weighted by atomic mass is 35.5. The summed E-state index contributed by atoms with van der Waals surface area (Å²) >= 11 is 5.96.